The molecule has 0 saturated carbocycles. The van der Waals surface area contributed by atoms with Gasteiger partial charge < -0.3 is 0 Å². The predicted molar refractivity (Wildman–Crippen MR) is 60.8 cm³/mol. The molecule has 1 unspecified atom stereocenters. The second-order valence-electron chi connectivity index (χ2n) is 4.26. The van der Waals surface area contributed by atoms with Crippen LogP contribution in [-0.2, 0) is 6.42 Å². The SMILES string of the molecule is CC1Cc2ccc(C#N)c3cccc1c23. The van der Waals surface area contributed by atoms with E-state index >= 15 is 0 Å². The average Bonchev–Trinajstić information content (AvgIpc) is 2.59. The molecule has 2 aromatic rings. The van der Waals surface area contributed by atoms with Crippen LogP contribution in [-0.4, -0.2) is 0 Å². The molecule has 1 atom stereocenters. The van der Waals surface area contributed by atoms with Crippen molar-refractivity contribution in [3.05, 3.63) is 47.0 Å². The molecule has 1 nitrogen and oxygen atoms in total. The molecule has 72 valence electrons. The molecule has 2 aromatic carbocycles. The lowest BCUT2D eigenvalue weighted by atomic mass is 9.99. The van der Waals surface area contributed by atoms with Gasteiger partial charge in [0.05, 0.1) is 11.6 Å². The van der Waals surface area contributed by atoms with Crippen molar-refractivity contribution >= 4 is 10.8 Å². The lowest BCUT2D eigenvalue weighted by molar-refractivity contribution is 0.798. The maximum Gasteiger partial charge on any atom is 0.0998 e. The summed E-state index contributed by atoms with van der Waals surface area (Å²) in [6.45, 7) is 2.25. The Bertz CT molecular complexity index is 590. The van der Waals surface area contributed by atoms with Crippen LogP contribution in [0.5, 0.6) is 0 Å². The van der Waals surface area contributed by atoms with Crippen molar-refractivity contribution in [1.29, 1.82) is 5.26 Å². The van der Waals surface area contributed by atoms with Crippen LogP contribution in [0.1, 0.15) is 29.5 Å². The molecule has 0 bridgehead atoms. The first-order chi connectivity index (χ1) is 7.31. The molecular formula is C14H11N. The summed E-state index contributed by atoms with van der Waals surface area (Å²) in [4.78, 5) is 0. The van der Waals surface area contributed by atoms with E-state index < -0.39 is 0 Å². The van der Waals surface area contributed by atoms with Crippen molar-refractivity contribution in [1.82, 2.24) is 0 Å². The van der Waals surface area contributed by atoms with E-state index in [4.69, 9.17) is 5.26 Å². The molecule has 0 aliphatic heterocycles. The lowest BCUT2D eigenvalue weighted by Gasteiger charge is -2.04. The van der Waals surface area contributed by atoms with Gasteiger partial charge in [-0.05, 0) is 40.3 Å². The summed E-state index contributed by atoms with van der Waals surface area (Å²) >= 11 is 0. The average molecular weight is 193 g/mol. The van der Waals surface area contributed by atoms with Crippen molar-refractivity contribution in [3.63, 3.8) is 0 Å². The topological polar surface area (TPSA) is 23.8 Å². The van der Waals surface area contributed by atoms with Gasteiger partial charge in [0.1, 0.15) is 0 Å². The highest BCUT2D eigenvalue weighted by Gasteiger charge is 2.21. The van der Waals surface area contributed by atoms with Crippen LogP contribution in [0.25, 0.3) is 10.8 Å². The highest BCUT2D eigenvalue weighted by molar-refractivity contribution is 5.95. The Labute approximate surface area is 89.0 Å². The van der Waals surface area contributed by atoms with Crippen molar-refractivity contribution in [2.75, 3.05) is 0 Å². The molecule has 0 saturated heterocycles. The van der Waals surface area contributed by atoms with E-state index in [2.05, 4.69) is 37.3 Å². The van der Waals surface area contributed by atoms with Gasteiger partial charge in [-0.1, -0.05) is 31.2 Å². The highest BCUT2D eigenvalue weighted by Crippen LogP contribution is 2.38. The predicted octanol–water partition coefficient (Wildman–Crippen LogP) is 3.37. The third-order valence-electron chi connectivity index (χ3n) is 3.34. The molecule has 0 aromatic heterocycles. The van der Waals surface area contributed by atoms with Gasteiger partial charge in [0.2, 0.25) is 0 Å². The Morgan fingerprint density at radius 1 is 1.27 bits per heavy atom. The Balaban J connectivity index is 2.51. The van der Waals surface area contributed by atoms with Gasteiger partial charge in [-0.3, -0.25) is 0 Å². The van der Waals surface area contributed by atoms with Crippen LogP contribution in [0.15, 0.2) is 30.3 Å². The fourth-order valence-corrected chi connectivity index (χ4v) is 2.63. The minimum Gasteiger partial charge on any atom is -0.192 e. The van der Waals surface area contributed by atoms with E-state index in [9.17, 15) is 0 Å². The van der Waals surface area contributed by atoms with Crippen LogP contribution in [0.4, 0.5) is 0 Å². The largest absolute Gasteiger partial charge is 0.192 e. The minimum absolute atomic E-state index is 0.595. The van der Waals surface area contributed by atoms with Crippen molar-refractivity contribution < 1.29 is 0 Å². The molecule has 0 fully saturated rings. The van der Waals surface area contributed by atoms with E-state index in [1.807, 2.05) is 6.07 Å². The Morgan fingerprint density at radius 3 is 2.93 bits per heavy atom. The van der Waals surface area contributed by atoms with E-state index in [0.29, 0.717) is 5.92 Å². The first-order valence-electron chi connectivity index (χ1n) is 5.26. The Hall–Kier alpha value is -1.81. The first-order valence-corrected chi connectivity index (χ1v) is 5.26. The van der Waals surface area contributed by atoms with Crippen molar-refractivity contribution in [2.24, 2.45) is 0 Å². The van der Waals surface area contributed by atoms with Gasteiger partial charge in [0, 0.05) is 0 Å². The van der Waals surface area contributed by atoms with Gasteiger partial charge in [0.15, 0.2) is 0 Å². The quantitative estimate of drug-likeness (QED) is 0.629. The molecule has 0 N–H and O–H groups in total. The molecule has 0 heterocycles. The van der Waals surface area contributed by atoms with Gasteiger partial charge >= 0.3 is 0 Å². The zero-order chi connectivity index (χ0) is 10.4. The molecule has 1 aliphatic rings. The fraction of sp³-hybridized carbons (Fsp3) is 0.214. The lowest BCUT2D eigenvalue weighted by Crippen LogP contribution is -1.87. The number of benzene rings is 2. The van der Waals surface area contributed by atoms with Gasteiger partial charge in [0.25, 0.3) is 0 Å². The van der Waals surface area contributed by atoms with Crippen LogP contribution >= 0.6 is 0 Å². The summed E-state index contributed by atoms with van der Waals surface area (Å²) < 4.78 is 0. The molecule has 0 spiro atoms. The van der Waals surface area contributed by atoms with Gasteiger partial charge in [-0.25, -0.2) is 0 Å². The Morgan fingerprint density at radius 2 is 2.13 bits per heavy atom. The number of hydrogen-bond acceptors (Lipinski definition) is 1. The fourth-order valence-electron chi connectivity index (χ4n) is 2.63. The summed E-state index contributed by atoms with van der Waals surface area (Å²) in [5.74, 6) is 0.595. The molecule has 1 aliphatic carbocycles. The molecule has 15 heavy (non-hydrogen) atoms. The smallest absolute Gasteiger partial charge is 0.0998 e. The third-order valence-corrected chi connectivity index (χ3v) is 3.34. The maximum atomic E-state index is 9.05. The normalized spacial score (nSPS) is 18.0. The molecule has 3 rings (SSSR count). The van der Waals surface area contributed by atoms with Crippen molar-refractivity contribution in [2.45, 2.75) is 19.3 Å². The van der Waals surface area contributed by atoms with E-state index in [1.165, 1.54) is 16.5 Å². The number of nitrogens with zero attached hydrogens (tertiary/aromatic N) is 1. The molecule has 1 heteroatoms. The molecular weight excluding hydrogens is 182 g/mol. The van der Waals surface area contributed by atoms with E-state index in [-0.39, 0.29) is 0 Å². The summed E-state index contributed by atoms with van der Waals surface area (Å²) in [5, 5.41) is 11.5. The Kier molecular flexibility index (Phi) is 1.61. The van der Waals surface area contributed by atoms with Gasteiger partial charge in [-0.15, -0.1) is 0 Å². The van der Waals surface area contributed by atoms with Crippen LogP contribution < -0.4 is 0 Å². The van der Waals surface area contributed by atoms with E-state index in [0.717, 1.165) is 17.4 Å². The van der Waals surface area contributed by atoms with Crippen LogP contribution in [0, 0.1) is 11.3 Å². The summed E-state index contributed by atoms with van der Waals surface area (Å²) in [6.07, 6.45) is 1.11. The zero-order valence-electron chi connectivity index (χ0n) is 8.62. The van der Waals surface area contributed by atoms with Gasteiger partial charge in [-0.2, -0.15) is 5.26 Å². The monoisotopic (exact) mass is 193 g/mol. The second kappa shape index (κ2) is 2.84. The summed E-state index contributed by atoms with van der Waals surface area (Å²) in [5.41, 5.74) is 3.59. The zero-order valence-corrected chi connectivity index (χ0v) is 8.62. The number of nitriles is 1. The molecule has 0 radical (unpaired) electrons. The highest BCUT2D eigenvalue weighted by atomic mass is 14.3. The van der Waals surface area contributed by atoms with E-state index in [1.54, 1.807) is 0 Å². The number of rotatable bonds is 0. The summed E-state index contributed by atoms with van der Waals surface area (Å²) in [7, 11) is 0. The number of hydrogen-bond donors (Lipinski definition) is 0. The van der Waals surface area contributed by atoms with Crippen LogP contribution in [0.3, 0.4) is 0 Å². The van der Waals surface area contributed by atoms with Crippen molar-refractivity contribution in [3.8, 4) is 6.07 Å². The molecule has 0 amide bonds. The standard InChI is InChI=1S/C14H11N/c1-9-7-10-5-6-11(8-15)13-4-2-3-12(9)14(10)13/h2-6,9H,7H2,1H3. The van der Waals surface area contributed by atoms with Crippen LogP contribution in [0.2, 0.25) is 0 Å². The summed E-state index contributed by atoms with van der Waals surface area (Å²) in [6, 6.07) is 12.6. The third kappa shape index (κ3) is 1.02. The minimum atomic E-state index is 0.595. The first kappa shape index (κ1) is 8.49. The maximum absolute atomic E-state index is 9.05. The second-order valence-corrected chi connectivity index (χ2v) is 4.26.